The number of benzene rings is 1. The van der Waals surface area contributed by atoms with Crippen molar-refractivity contribution in [2.75, 3.05) is 31.1 Å². The number of anilines is 1. The Bertz CT molecular complexity index is 1460. The number of ether oxygens (including phenoxy) is 1. The van der Waals surface area contributed by atoms with Gasteiger partial charge in [-0.2, -0.15) is 10.4 Å². The standard InChI is InChI=1S/C28H31Cl2N7O3/c1-17-14-36(9-7-24(17)35-8-3-4-19(15-35)10-26(39)40-16-38)25-13-32-27-23(12-31)34-37(28(27)33-25)18(2)21-6-5-20(29)11-22(21)30/h5-6,11,13,16-19,24H,3-4,7-10,14-15H2,1-2H3/t17-,18-,19+,24+/m1/s1. The summed E-state index contributed by atoms with van der Waals surface area (Å²) < 4.78 is 6.22. The zero-order valence-electron chi connectivity index (χ0n) is 22.5. The fourth-order valence-corrected chi connectivity index (χ4v) is 6.72. The topological polar surface area (TPSA) is 117 Å². The van der Waals surface area contributed by atoms with Crippen molar-refractivity contribution in [2.24, 2.45) is 11.8 Å². The first-order valence-electron chi connectivity index (χ1n) is 13.5. The van der Waals surface area contributed by atoms with E-state index in [9.17, 15) is 14.9 Å². The average molecular weight is 585 g/mol. The van der Waals surface area contributed by atoms with Gasteiger partial charge in [-0.25, -0.2) is 14.6 Å². The summed E-state index contributed by atoms with van der Waals surface area (Å²) in [4.78, 5) is 36.6. The number of carbonyl (C=O) groups excluding carboxylic acids is 2. The Hall–Kier alpha value is -3.26. The van der Waals surface area contributed by atoms with Gasteiger partial charge in [0.2, 0.25) is 0 Å². The largest absolute Gasteiger partial charge is 0.395 e. The van der Waals surface area contributed by atoms with Crippen molar-refractivity contribution in [1.82, 2.24) is 24.6 Å². The van der Waals surface area contributed by atoms with Crippen LogP contribution in [0.25, 0.3) is 11.2 Å². The fourth-order valence-electron chi connectivity index (χ4n) is 6.16. The van der Waals surface area contributed by atoms with Crippen molar-refractivity contribution < 1.29 is 14.3 Å². The van der Waals surface area contributed by atoms with Crippen LogP contribution in [0.4, 0.5) is 5.82 Å². The van der Waals surface area contributed by atoms with Gasteiger partial charge in [-0.3, -0.25) is 14.5 Å². The lowest BCUT2D eigenvalue weighted by molar-refractivity contribution is -0.152. The molecule has 0 amide bonds. The number of piperidine rings is 2. The quantitative estimate of drug-likeness (QED) is 0.223. The Balaban J connectivity index is 1.33. The third kappa shape index (κ3) is 5.78. The lowest BCUT2D eigenvalue weighted by Crippen LogP contribution is -2.53. The molecule has 210 valence electrons. The first-order valence-corrected chi connectivity index (χ1v) is 14.3. The molecule has 0 bridgehead atoms. The van der Waals surface area contributed by atoms with Crippen LogP contribution < -0.4 is 4.90 Å². The second kappa shape index (κ2) is 12.1. The molecule has 0 N–H and O–H groups in total. The number of hydrogen-bond acceptors (Lipinski definition) is 9. The van der Waals surface area contributed by atoms with Crippen molar-refractivity contribution >= 4 is 52.6 Å². The van der Waals surface area contributed by atoms with E-state index >= 15 is 0 Å². The van der Waals surface area contributed by atoms with E-state index in [0.717, 1.165) is 56.8 Å². The minimum Gasteiger partial charge on any atom is -0.395 e. The van der Waals surface area contributed by atoms with Crippen molar-refractivity contribution in [2.45, 2.75) is 51.6 Å². The Morgan fingerprint density at radius 3 is 2.83 bits per heavy atom. The summed E-state index contributed by atoms with van der Waals surface area (Å²) in [6.45, 7) is 7.85. The highest BCUT2D eigenvalue weighted by Crippen LogP contribution is 2.33. The van der Waals surface area contributed by atoms with Gasteiger partial charge in [-0.1, -0.05) is 36.2 Å². The Morgan fingerprint density at radius 1 is 1.27 bits per heavy atom. The van der Waals surface area contributed by atoms with Crippen LogP contribution in [-0.2, 0) is 14.3 Å². The van der Waals surface area contributed by atoms with E-state index in [-0.39, 0.29) is 30.5 Å². The summed E-state index contributed by atoms with van der Waals surface area (Å²) in [5, 5.41) is 15.3. The van der Waals surface area contributed by atoms with Gasteiger partial charge in [0.05, 0.1) is 18.7 Å². The van der Waals surface area contributed by atoms with E-state index in [1.807, 2.05) is 13.0 Å². The van der Waals surface area contributed by atoms with Crippen LogP contribution in [0.1, 0.15) is 56.8 Å². The smallest absolute Gasteiger partial charge is 0.313 e. The maximum Gasteiger partial charge on any atom is 0.313 e. The molecule has 2 fully saturated rings. The molecule has 2 aliphatic rings. The molecule has 12 heteroatoms. The van der Waals surface area contributed by atoms with E-state index in [1.54, 1.807) is 23.0 Å². The molecule has 0 saturated carbocycles. The molecule has 10 nitrogen and oxygen atoms in total. The molecule has 2 aliphatic heterocycles. The van der Waals surface area contributed by atoms with Crippen LogP contribution in [0.5, 0.6) is 0 Å². The van der Waals surface area contributed by atoms with Gasteiger partial charge in [-0.05, 0) is 62.3 Å². The molecule has 1 aromatic carbocycles. The lowest BCUT2D eigenvalue weighted by atomic mass is 9.87. The van der Waals surface area contributed by atoms with Gasteiger partial charge in [0.25, 0.3) is 0 Å². The number of halogens is 2. The predicted octanol–water partition coefficient (Wildman–Crippen LogP) is 4.63. The number of likely N-dealkylation sites (tertiary alicyclic amines) is 1. The van der Waals surface area contributed by atoms with Crippen LogP contribution in [0, 0.1) is 23.2 Å². The molecule has 0 unspecified atom stereocenters. The number of carbonyl (C=O) groups is 2. The van der Waals surface area contributed by atoms with Crippen molar-refractivity contribution in [3.63, 3.8) is 0 Å². The zero-order chi connectivity index (χ0) is 28.4. The number of esters is 1. The van der Waals surface area contributed by atoms with Crippen molar-refractivity contribution in [3.05, 3.63) is 45.7 Å². The predicted molar refractivity (Wildman–Crippen MR) is 151 cm³/mol. The highest BCUT2D eigenvalue weighted by atomic mass is 35.5. The molecule has 0 radical (unpaired) electrons. The summed E-state index contributed by atoms with van der Waals surface area (Å²) in [5.74, 6) is 0.847. The molecule has 2 aromatic heterocycles. The number of hydrogen-bond donors (Lipinski definition) is 0. The molecule has 0 aliphatic carbocycles. The molecule has 4 heterocycles. The maximum atomic E-state index is 11.8. The number of fused-ring (bicyclic) bond motifs is 1. The molecule has 40 heavy (non-hydrogen) atoms. The zero-order valence-corrected chi connectivity index (χ0v) is 24.0. The molecular weight excluding hydrogens is 553 g/mol. The van der Waals surface area contributed by atoms with Gasteiger partial charge in [0.15, 0.2) is 11.3 Å². The molecule has 3 aromatic rings. The van der Waals surface area contributed by atoms with Crippen molar-refractivity contribution in [1.29, 1.82) is 5.26 Å². The molecule has 0 spiro atoms. The van der Waals surface area contributed by atoms with Crippen LogP contribution >= 0.6 is 23.2 Å². The Morgan fingerprint density at radius 2 is 2.10 bits per heavy atom. The average Bonchev–Trinajstić information content (AvgIpc) is 3.31. The van der Waals surface area contributed by atoms with Gasteiger partial charge < -0.3 is 9.64 Å². The maximum absolute atomic E-state index is 11.8. The number of nitrogens with zero attached hydrogens (tertiary/aromatic N) is 7. The highest BCUT2D eigenvalue weighted by Gasteiger charge is 2.34. The second-order valence-corrected chi connectivity index (χ2v) is 11.6. The van der Waals surface area contributed by atoms with E-state index in [1.165, 1.54) is 0 Å². The van der Waals surface area contributed by atoms with Gasteiger partial charge >= 0.3 is 12.4 Å². The minimum atomic E-state index is -0.454. The summed E-state index contributed by atoms with van der Waals surface area (Å²) in [6, 6.07) is 7.56. The number of aromatic nitrogens is 4. The number of rotatable bonds is 7. The summed E-state index contributed by atoms with van der Waals surface area (Å²) >= 11 is 12.6. The van der Waals surface area contributed by atoms with Crippen LogP contribution in [-0.4, -0.2) is 69.3 Å². The van der Waals surface area contributed by atoms with E-state index in [0.29, 0.717) is 33.2 Å². The highest BCUT2D eigenvalue weighted by molar-refractivity contribution is 6.35. The summed E-state index contributed by atoms with van der Waals surface area (Å²) in [7, 11) is 0. The normalized spacial score (nSPS) is 22.6. The van der Waals surface area contributed by atoms with Gasteiger partial charge in [0, 0.05) is 35.7 Å². The second-order valence-electron chi connectivity index (χ2n) is 10.7. The first-order chi connectivity index (χ1) is 19.3. The Kier molecular flexibility index (Phi) is 8.54. The summed E-state index contributed by atoms with van der Waals surface area (Å²) in [6.07, 6.45) is 4.93. The van der Waals surface area contributed by atoms with E-state index in [2.05, 4.69) is 37.6 Å². The molecule has 4 atom stereocenters. The molecule has 5 rings (SSSR count). The lowest BCUT2D eigenvalue weighted by Gasteiger charge is -2.45. The van der Waals surface area contributed by atoms with Gasteiger partial charge in [-0.15, -0.1) is 0 Å². The monoisotopic (exact) mass is 583 g/mol. The summed E-state index contributed by atoms with van der Waals surface area (Å²) in [5.41, 5.74) is 2.03. The van der Waals surface area contributed by atoms with Crippen molar-refractivity contribution in [3.8, 4) is 6.07 Å². The SMILES string of the molecule is C[C@@H]1CN(c2cnc3c(C#N)nn([C@H](C)c4ccc(Cl)cc4Cl)c3n2)CC[C@@H]1N1CCC[C@@H](CC(=O)OC=O)C1. The fraction of sp³-hybridized carbons (Fsp3) is 0.500. The van der Waals surface area contributed by atoms with Crippen LogP contribution in [0.2, 0.25) is 10.0 Å². The molecular formula is C28H31Cl2N7O3. The van der Waals surface area contributed by atoms with E-state index in [4.69, 9.17) is 28.2 Å². The number of nitriles is 1. The first kappa shape index (κ1) is 28.3. The van der Waals surface area contributed by atoms with Crippen LogP contribution in [0.3, 0.4) is 0 Å². The Labute approximate surface area is 242 Å². The third-order valence-electron chi connectivity index (χ3n) is 8.11. The van der Waals surface area contributed by atoms with E-state index < -0.39 is 5.97 Å². The minimum absolute atomic E-state index is 0.199. The van der Waals surface area contributed by atoms with Crippen LogP contribution in [0.15, 0.2) is 24.4 Å². The molecule has 2 saturated heterocycles. The van der Waals surface area contributed by atoms with Gasteiger partial charge in [0.1, 0.15) is 17.4 Å². The third-order valence-corrected chi connectivity index (χ3v) is 8.68.